The van der Waals surface area contributed by atoms with Crippen molar-refractivity contribution < 1.29 is 21.4 Å². The van der Waals surface area contributed by atoms with E-state index in [4.69, 9.17) is 0 Å². The van der Waals surface area contributed by atoms with Crippen LogP contribution in [-0.4, -0.2) is 57.5 Å². The Labute approximate surface area is 368 Å². The summed E-state index contributed by atoms with van der Waals surface area (Å²) in [5.41, 5.74) is 3.65. The quantitative estimate of drug-likeness (QED) is 0.0392. The fourth-order valence-electron chi connectivity index (χ4n) is 6.16. The lowest BCUT2D eigenvalue weighted by Crippen LogP contribution is -2.08. The Morgan fingerprint density at radius 1 is 0.375 bits per heavy atom. The molecule has 8 rings (SSSR count). The monoisotopic (exact) mass is 889 g/mol. The summed E-state index contributed by atoms with van der Waals surface area (Å²) in [6.45, 7) is 0. The highest BCUT2D eigenvalue weighted by Crippen LogP contribution is 2.29. The first-order valence-electron chi connectivity index (χ1n) is 19.4. The van der Waals surface area contributed by atoms with Crippen LogP contribution in [0.3, 0.4) is 0 Å². The van der Waals surface area contributed by atoms with Crippen molar-refractivity contribution in [3.8, 4) is 0 Å². The third-order valence-corrected chi connectivity index (χ3v) is 11.1. The Morgan fingerprint density at radius 2 is 0.641 bits per heavy atom. The van der Waals surface area contributed by atoms with Gasteiger partial charge in [0.1, 0.15) is 10.1 Å². The Bertz CT molecular complexity index is 2840. The van der Waals surface area contributed by atoms with Gasteiger partial charge in [-0.05, 0) is 83.9 Å². The Kier molecular flexibility index (Phi) is 12.5. The lowest BCUT2D eigenvalue weighted by atomic mass is 10.1. The molecule has 8 aromatic rings. The molecule has 320 valence electrons. The van der Waals surface area contributed by atoms with E-state index in [1.54, 1.807) is 6.07 Å². The molecule has 0 aliphatic rings. The molecule has 64 heavy (non-hydrogen) atoms. The van der Waals surface area contributed by atoms with Crippen LogP contribution in [0.1, 0.15) is 11.1 Å². The molecule has 0 amide bonds. The molecule has 6 N–H and O–H groups in total. The second kappa shape index (κ2) is 18.8. The molecule has 0 fully saturated rings. The molecular formula is C45H37N12O5S2-. The summed E-state index contributed by atoms with van der Waals surface area (Å²) in [4.78, 5) is 26.3. The topological polar surface area (TPSA) is 241 Å². The molecule has 0 aliphatic heterocycles. The van der Waals surface area contributed by atoms with E-state index in [-0.39, 0.29) is 57.4 Å². The van der Waals surface area contributed by atoms with Gasteiger partial charge in [-0.2, -0.15) is 29.9 Å². The number of anilines is 12. The minimum atomic E-state index is -5.05. The summed E-state index contributed by atoms with van der Waals surface area (Å²) < 4.78 is 64.4. The van der Waals surface area contributed by atoms with Crippen molar-refractivity contribution in [1.82, 2.24) is 29.9 Å². The first kappa shape index (κ1) is 42.4. The average molecular weight is 890 g/mol. The maximum absolute atomic E-state index is 13.2. The summed E-state index contributed by atoms with van der Waals surface area (Å²) in [5.74, 6) is 0.962. The van der Waals surface area contributed by atoms with Gasteiger partial charge in [0.05, 0.1) is 9.79 Å². The number of aromatic nitrogens is 6. The molecule has 0 saturated heterocycles. The van der Waals surface area contributed by atoms with Crippen LogP contribution in [0.15, 0.2) is 168 Å². The zero-order chi connectivity index (χ0) is 44.5. The first-order chi connectivity index (χ1) is 30.9. The fourth-order valence-corrected chi connectivity index (χ4v) is 7.77. The van der Waals surface area contributed by atoms with Crippen LogP contribution >= 0.6 is 0 Å². The fraction of sp³-hybridized carbons (Fsp3) is 0.0222. The van der Waals surface area contributed by atoms with Crippen LogP contribution in [-0.2, 0) is 20.0 Å². The van der Waals surface area contributed by atoms with Gasteiger partial charge in [0.2, 0.25) is 35.7 Å². The van der Waals surface area contributed by atoms with E-state index in [1.807, 2.05) is 121 Å². The molecular weight excluding hydrogens is 853 g/mol. The van der Waals surface area contributed by atoms with Crippen LogP contribution in [0.25, 0.3) is 12.2 Å². The molecule has 0 atom stereocenters. The molecule has 2 aromatic heterocycles. The van der Waals surface area contributed by atoms with E-state index in [2.05, 4.69) is 61.8 Å². The molecule has 2 heterocycles. The van der Waals surface area contributed by atoms with Crippen molar-refractivity contribution in [3.63, 3.8) is 0 Å². The molecule has 17 nitrogen and oxygen atoms in total. The second-order valence-corrected chi connectivity index (χ2v) is 17.2. The zero-order valence-corrected chi connectivity index (χ0v) is 35.3. The first-order valence-corrected chi connectivity index (χ1v) is 22.7. The van der Waals surface area contributed by atoms with E-state index in [0.29, 0.717) is 17.1 Å². The number of benzene rings is 6. The number of hydrogen-bond acceptors (Lipinski definition) is 17. The van der Waals surface area contributed by atoms with Crippen molar-refractivity contribution in [2.45, 2.75) is 9.79 Å². The number of sulfone groups is 1. The van der Waals surface area contributed by atoms with Crippen LogP contribution in [0.4, 0.5) is 69.8 Å². The van der Waals surface area contributed by atoms with Crippen molar-refractivity contribution in [1.29, 1.82) is 0 Å². The highest BCUT2D eigenvalue weighted by atomic mass is 32.2. The number of nitrogens with one attached hydrogen (secondary N) is 6. The van der Waals surface area contributed by atoms with Crippen LogP contribution in [0.2, 0.25) is 0 Å². The molecule has 0 radical (unpaired) electrons. The van der Waals surface area contributed by atoms with E-state index in [1.165, 1.54) is 36.4 Å². The molecule has 0 saturated carbocycles. The summed E-state index contributed by atoms with van der Waals surface area (Å²) in [6, 6.07) is 45.7. The number of nitrogens with zero attached hydrogens (tertiary/aromatic N) is 6. The Balaban J connectivity index is 1.07. The van der Waals surface area contributed by atoms with Crippen LogP contribution in [0.5, 0.6) is 0 Å². The average Bonchev–Trinajstić information content (AvgIpc) is 3.27. The minimum absolute atomic E-state index is 0.0118. The van der Waals surface area contributed by atoms with Crippen molar-refractivity contribution in [2.75, 3.05) is 38.2 Å². The standard InChI is InChI=1S/C45H38N12O5S2/c1-63(58,59)38-28-36(50-44-54-40(46-32-14-6-2-7-15-32)52-41(55-44)47-33-16-8-3-9-17-33)26-24-30(38)22-23-31-25-27-37(29-39(31)64(60,61)62)51-45-56-42(48-34-18-10-4-11-19-34)53-43(57-45)49-35-20-12-5-13-21-35/h2-29H,1H3,(H,60,61,62)(H3,46,47,50,52,54,55)(H3,48,49,51,53,56,57)/p-1/b23-22+. The highest BCUT2D eigenvalue weighted by molar-refractivity contribution is 7.90. The third kappa shape index (κ3) is 11.4. The summed E-state index contributed by atoms with van der Waals surface area (Å²) in [5, 5.41) is 18.6. The minimum Gasteiger partial charge on any atom is -0.744 e. The molecule has 0 bridgehead atoms. The van der Waals surface area contributed by atoms with Crippen molar-refractivity contribution in [2.24, 2.45) is 0 Å². The Morgan fingerprint density at radius 3 is 0.922 bits per heavy atom. The van der Waals surface area contributed by atoms with E-state index in [9.17, 15) is 21.4 Å². The molecule has 0 unspecified atom stereocenters. The predicted molar refractivity (Wildman–Crippen MR) is 248 cm³/mol. The molecule has 0 aliphatic carbocycles. The van der Waals surface area contributed by atoms with Crippen LogP contribution in [0, 0.1) is 0 Å². The van der Waals surface area contributed by atoms with E-state index >= 15 is 0 Å². The summed E-state index contributed by atoms with van der Waals surface area (Å²) in [7, 11) is -8.92. The lowest BCUT2D eigenvalue weighted by Gasteiger charge is -2.15. The number of hydrogen-bond donors (Lipinski definition) is 6. The van der Waals surface area contributed by atoms with Gasteiger partial charge in [0, 0.05) is 40.4 Å². The van der Waals surface area contributed by atoms with Gasteiger partial charge in [-0.25, -0.2) is 16.8 Å². The van der Waals surface area contributed by atoms with Gasteiger partial charge in [-0.3, -0.25) is 0 Å². The number of para-hydroxylation sites is 4. The largest absolute Gasteiger partial charge is 0.744 e. The maximum Gasteiger partial charge on any atom is 0.233 e. The smallest absolute Gasteiger partial charge is 0.233 e. The SMILES string of the molecule is CS(=O)(=O)c1cc(Nc2nc(Nc3ccccc3)nc(Nc3ccccc3)n2)ccc1/C=C/c1ccc(Nc2nc(Nc3ccccc3)nc(Nc3ccccc3)n2)cc1S(=O)(=O)[O-]. The molecule has 6 aromatic carbocycles. The third-order valence-electron chi connectivity index (χ3n) is 9.04. The summed E-state index contributed by atoms with van der Waals surface area (Å²) >= 11 is 0. The molecule has 0 spiro atoms. The van der Waals surface area contributed by atoms with E-state index in [0.717, 1.165) is 23.7 Å². The lowest BCUT2D eigenvalue weighted by molar-refractivity contribution is 0.463. The van der Waals surface area contributed by atoms with Gasteiger partial charge in [0.25, 0.3) is 0 Å². The van der Waals surface area contributed by atoms with E-state index < -0.39 is 24.9 Å². The normalized spacial score (nSPS) is 11.5. The van der Waals surface area contributed by atoms with Crippen molar-refractivity contribution in [3.05, 3.63) is 169 Å². The summed E-state index contributed by atoms with van der Waals surface area (Å²) in [6.07, 6.45) is 3.82. The highest BCUT2D eigenvalue weighted by Gasteiger charge is 2.17. The van der Waals surface area contributed by atoms with Gasteiger partial charge in [-0.15, -0.1) is 0 Å². The van der Waals surface area contributed by atoms with Gasteiger partial charge < -0.3 is 36.5 Å². The van der Waals surface area contributed by atoms with Gasteiger partial charge in [-0.1, -0.05) is 97.1 Å². The second-order valence-electron chi connectivity index (χ2n) is 13.9. The van der Waals surface area contributed by atoms with Crippen molar-refractivity contribution >= 4 is 102 Å². The predicted octanol–water partition coefficient (Wildman–Crippen LogP) is 9.00. The Hall–Kier alpha value is -8.26. The number of rotatable bonds is 16. The van der Waals surface area contributed by atoms with Gasteiger partial charge in [0.15, 0.2) is 9.84 Å². The molecule has 19 heteroatoms. The van der Waals surface area contributed by atoms with Gasteiger partial charge >= 0.3 is 0 Å². The maximum atomic E-state index is 13.2. The zero-order valence-electron chi connectivity index (χ0n) is 33.7. The van der Waals surface area contributed by atoms with Crippen LogP contribution < -0.4 is 31.9 Å².